The Morgan fingerprint density at radius 2 is 1.90 bits per heavy atom. The normalized spacial score (nSPS) is 10.5. The highest BCUT2D eigenvalue weighted by Crippen LogP contribution is 2.23. The predicted molar refractivity (Wildman–Crippen MR) is 71.8 cm³/mol. The number of nitrogens with one attached hydrogen (secondary N) is 1. The van der Waals surface area contributed by atoms with Crippen molar-refractivity contribution in [2.45, 2.75) is 6.61 Å². The molecule has 0 spiro atoms. The Labute approximate surface area is 118 Å². The van der Waals surface area contributed by atoms with Crippen LogP contribution in [0.5, 0.6) is 5.75 Å². The molecule has 2 rings (SSSR count). The molecule has 0 bridgehead atoms. The molecule has 0 aliphatic heterocycles. The molecule has 0 aliphatic rings. The Kier molecular flexibility index (Phi) is 4.32. The number of carbonyl (C=O) groups excluding carboxylic acids is 1. The largest absolute Gasteiger partial charge is 0.432 e. The highest BCUT2D eigenvalue weighted by atomic mass is 19.3. The molecule has 21 heavy (non-hydrogen) atoms. The molecule has 0 aliphatic carbocycles. The summed E-state index contributed by atoms with van der Waals surface area (Å²) in [6.07, 6.45) is 0. The fourth-order valence-electron chi connectivity index (χ4n) is 1.67. The Morgan fingerprint density at radius 1 is 1.19 bits per heavy atom. The zero-order chi connectivity index (χ0) is 15.4. The number of amides is 1. The van der Waals surface area contributed by atoms with Crippen LogP contribution in [-0.4, -0.2) is 12.5 Å². The van der Waals surface area contributed by atoms with Crippen molar-refractivity contribution >= 4 is 17.3 Å². The van der Waals surface area contributed by atoms with Crippen LogP contribution in [0.25, 0.3) is 0 Å². The number of carbonyl (C=O) groups is 1. The van der Waals surface area contributed by atoms with Gasteiger partial charge < -0.3 is 15.8 Å². The summed E-state index contributed by atoms with van der Waals surface area (Å²) in [6.45, 7) is -3.12. The molecule has 0 radical (unpaired) electrons. The van der Waals surface area contributed by atoms with E-state index in [1.54, 1.807) is 18.2 Å². The molecule has 2 aromatic carbocycles. The monoisotopic (exact) mass is 296 g/mol. The van der Waals surface area contributed by atoms with Crippen LogP contribution < -0.4 is 15.8 Å². The third kappa shape index (κ3) is 3.65. The topological polar surface area (TPSA) is 64.4 Å². The van der Waals surface area contributed by atoms with Crippen molar-refractivity contribution in [3.63, 3.8) is 0 Å². The molecule has 0 heterocycles. The summed E-state index contributed by atoms with van der Waals surface area (Å²) < 4.78 is 41.5. The first-order valence-corrected chi connectivity index (χ1v) is 5.87. The van der Waals surface area contributed by atoms with Gasteiger partial charge in [0.1, 0.15) is 0 Å². The lowest BCUT2D eigenvalue weighted by molar-refractivity contribution is -0.0521. The summed E-state index contributed by atoms with van der Waals surface area (Å²) in [5.41, 5.74) is 6.24. The number of hydrogen-bond acceptors (Lipinski definition) is 3. The Bertz CT molecular complexity index is 662. The Balaban J connectivity index is 2.15. The molecule has 0 fully saturated rings. The van der Waals surface area contributed by atoms with Gasteiger partial charge in [-0.2, -0.15) is 8.78 Å². The first-order valence-electron chi connectivity index (χ1n) is 5.87. The number of hydrogen-bond donors (Lipinski definition) is 2. The van der Waals surface area contributed by atoms with Crippen molar-refractivity contribution in [3.05, 3.63) is 53.8 Å². The first-order chi connectivity index (χ1) is 9.97. The van der Waals surface area contributed by atoms with Crippen LogP contribution in [0.4, 0.5) is 24.5 Å². The molecular formula is C14H11F3N2O2. The zero-order valence-electron chi connectivity index (χ0n) is 10.6. The number of benzene rings is 2. The molecule has 3 N–H and O–H groups in total. The van der Waals surface area contributed by atoms with Crippen LogP contribution in [-0.2, 0) is 0 Å². The molecule has 2 aromatic rings. The lowest BCUT2D eigenvalue weighted by Gasteiger charge is -2.09. The van der Waals surface area contributed by atoms with Crippen LogP contribution >= 0.6 is 0 Å². The van der Waals surface area contributed by atoms with E-state index in [0.717, 1.165) is 12.1 Å². The molecule has 0 atom stereocenters. The average Bonchev–Trinajstić information content (AvgIpc) is 2.42. The second-order valence-electron chi connectivity index (χ2n) is 4.07. The van der Waals surface area contributed by atoms with Crippen molar-refractivity contribution in [2.75, 3.05) is 11.1 Å². The van der Waals surface area contributed by atoms with Crippen molar-refractivity contribution in [1.29, 1.82) is 0 Å². The lowest BCUT2D eigenvalue weighted by Crippen LogP contribution is -2.14. The van der Waals surface area contributed by atoms with Crippen LogP contribution in [0.1, 0.15) is 10.4 Å². The Morgan fingerprint density at radius 3 is 2.52 bits per heavy atom. The summed E-state index contributed by atoms with van der Waals surface area (Å²) in [5, 5.41) is 2.42. The van der Waals surface area contributed by atoms with E-state index in [-0.39, 0.29) is 16.9 Å². The van der Waals surface area contributed by atoms with Gasteiger partial charge in [-0.05, 0) is 24.3 Å². The van der Waals surface area contributed by atoms with E-state index in [4.69, 9.17) is 5.73 Å². The average molecular weight is 296 g/mol. The number of halogens is 3. The van der Waals surface area contributed by atoms with E-state index in [2.05, 4.69) is 10.1 Å². The summed E-state index contributed by atoms with van der Waals surface area (Å²) in [4.78, 5) is 11.9. The minimum absolute atomic E-state index is 0.0994. The van der Waals surface area contributed by atoms with E-state index in [9.17, 15) is 18.0 Å². The number of rotatable bonds is 4. The first kappa shape index (κ1) is 14.7. The minimum atomic E-state index is -3.12. The summed E-state index contributed by atoms with van der Waals surface area (Å²) >= 11 is 0. The fourth-order valence-corrected chi connectivity index (χ4v) is 1.67. The van der Waals surface area contributed by atoms with Gasteiger partial charge in [0.05, 0.1) is 5.56 Å². The third-order valence-electron chi connectivity index (χ3n) is 2.61. The second kappa shape index (κ2) is 6.17. The molecule has 4 nitrogen and oxygen atoms in total. The molecule has 110 valence electrons. The van der Waals surface area contributed by atoms with Crippen molar-refractivity contribution in [2.24, 2.45) is 0 Å². The van der Waals surface area contributed by atoms with Gasteiger partial charge in [-0.25, -0.2) is 4.39 Å². The predicted octanol–water partition coefficient (Wildman–Crippen LogP) is 3.26. The van der Waals surface area contributed by atoms with Crippen LogP contribution in [0.3, 0.4) is 0 Å². The number of ether oxygens (including phenoxy) is 1. The summed E-state index contributed by atoms with van der Waals surface area (Å²) in [5.74, 6) is -2.13. The second-order valence-corrected chi connectivity index (χ2v) is 4.07. The summed E-state index contributed by atoms with van der Waals surface area (Å²) in [6, 6.07) is 9.50. The molecule has 1 amide bonds. The van der Waals surface area contributed by atoms with Gasteiger partial charge in [-0.15, -0.1) is 0 Å². The van der Waals surface area contributed by atoms with Crippen LogP contribution in [0.15, 0.2) is 42.5 Å². The smallest absolute Gasteiger partial charge is 0.387 e. The number of anilines is 2. The molecule has 0 aromatic heterocycles. The maximum absolute atomic E-state index is 13.5. The molecule has 0 saturated heterocycles. The van der Waals surface area contributed by atoms with Gasteiger partial charge in [-0.3, -0.25) is 4.79 Å². The molecule has 7 heteroatoms. The van der Waals surface area contributed by atoms with Gasteiger partial charge in [0.15, 0.2) is 11.6 Å². The van der Waals surface area contributed by atoms with E-state index in [1.165, 1.54) is 12.1 Å². The zero-order valence-corrected chi connectivity index (χ0v) is 10.6. The van der Waals surface area contributed by atoms with Crippen LogP contribution in [0, 0.1) is 5.82 Å². The summed E-state index contributed by atoms with van der Waals surface area (Å²) in [7, 11) is 0. The highest BCUT2D eigenvalue weighted by Gasteiger charge is 2.13. The van der Waals surface area contributed by atoms with Gasteiger partial charge in [0.25, 0.3) is 5.91 Å². The fraction of sp³-hybridized carbons (Fsp3) is 0.0714. The lowest BCUT2D eigenvalue weighted by atomic mass is 10.1. The number of alkyl halides is 2. The Hall–Kier alpha value is -2.70. The maximum Gasteiger partial charge on any atom is 0.387 e. The number of para-hydroxylation sites is 1. The van der Waals surface area contributed by atoms with Crippen LogP contribution in [0.2, 0.25) is 0 Å². The number of nitrogen functional groups attached to an aromatic ring is 1. The van der Waals surface area contributed by atoms with Gasteiger partial charge in [0, 0.05) is 17.4 Å². The maximum atomic E-state index is 13.5. The molecule has 0 unspecified atom stereocenters. The van der Waals surface area contributed by atoms with E-state index >= 15 is 0 Å². The van der Waals surface area contributed by atoms with Gasteiger partial charge in [0.2, 0.25) is 0 Å². The van der Waals surface area contributed by atoms with E-state index in [1.807, 2.05) is 0 Å². The van der Waals surface area contributed by atoms with Crippen molar-refractivity contribution < 1.29 is 22.7 Å². The van der Waals surface area contributed by atoms with Crippen molar-refractivity contribution in [3.8, 4) is 5.75 Å². The standard InChI is InChI=1S/C14H11F3N2O2/c15-10-7-8(5-6-12(10)21-14(16)17)19-13(20)9-3-1-2-4-11(9)18/h1-7,14H,18H2,(H,19,20). The van der Waals surface area contributed by atoms with Gasteiger partial charge >= 0.3 is 6.61 Å². The highest BCUT2D eigenvalue weighted by molar-refractivity contribution is 6.07. The van der Waals surface area contributed by atoms with E-state index in [0.29, 0.717) is 0 Å². The number of nitrogens with two attached hydrogens (primary N) is 1. The van der Waals surface area contributed by atoms with Crippen molar-refractivity contribution in [1.82, 2.24) is 0 Å². The molecular weight excluding hydrogens is 285 g/mol. The quantitative estimate of drug-likeness (QED) is 0.851. The third-order valence-corrected chi connectivity index (χ3v) is 2.61. The van der Waals surface area contributed by atoms with E-state index < -0.39 is 24.1 Å². The minimum Gasteiger partial charge on any atom is -0.432 e. The van der Waals surface area contributed by atoms with Gasteiger partial charge in [-0.1, -0.05) is 12.1 Å². The SMILES string of the molecule is Nc1ccccc1C(=O)Nc1ccc(OC(F)F)c(F)c1. The molecule has 0 saturated carbocycles.